The van der Waals surface area contributed by atoms with Crippen LogP contribution in [0, 0.1) is 23.7 Å². The van der Waals surface area contributed by atoms with E-state index in [9.17, 15) is 25.5 Å². The van der Waals surface area contributed by atoms with E-state index in [4.69, 9.17) is 4.74 Å². The summed E-state index contributed by atoms with van der Waals surface area (Å²) in [7, 11) is 1.53. The molecular formula is C35H45NO6. The van der Waals surface area contributed by atoms with Gasteiger partial charge in [0.1, 0.15) is 5.75 Å². The molecular weight excluding hydrogens is 530 g/mol. The third kappa shape index (κ3) is 7.96. The average molecular weight is 576 g/mol. The first-order valence-electron chi connectivity index (χ1n) is 15.1. The van der Waals surface area contributed by atoms with Gasteiger partial charge in [-0.25, -0.2) is 0 Å². The van der Waals surface area contributed by atoms with Gasteiger partial charge in [-0.1, -0.05) is 37.1 Å². The Balaban J connectivity index is 1.55. The van der Waals surface area contributed by atoms with Gasteiger partial charge >= 0.3 is 0 Å². The molecule has 3 aromatic rings. The summed E-state index contributed by atoms with van der Waals surface area (Å²) in [6.07, 6.45) is 2.51. The number of phenolic OH excluding ortho intramolecular Hbond substituents is 2. The Bertz CT molecular complexity index is 1390. The first kappa shape index (κ1) is 31.7. The maximum Gasteiger partial charge on any atom is 0.168 e. The van der Waals surface area contributed by atoms with E-state index in [1.54, 1.807) is 25.1 Å². The number of phenols is 2. The number of hydrogen-bond acceptors (Lipinski definition) is 7. The van der Waals surface area contributed by atoms with Gasteiger partial charge in [-0.3, -0.25) is 0 Å². The van der Waals surface area contributed by atoms with E-state index in [1.807, 2.05) is 30.3 Å². The number of methoxy groups -OCH3 is 1. The number of aliphatic hydroxyl groups is 3. The highest BCUT2D eigenvalue weighted by Crippen LogP contribution is 2.42. The monoisotopic (exact) mass is 575 g/mol. The van der Waals surface area contributed by atoms with Crippen molar-refractivity contribution in [1.82, 2.24) is 5.32 Å². The molecule has 0 fully saturated rings. The molecule has 6 atom stereocenters. The van der Waals surface area contributed by atoms with Crippen molar-refractivity contribution >= 4 is 10.8 Å². The van der Waals surface area contributed by atoms with Crippen molar-refractivity contribution in [2.75, 3.05) is 13.7 Å². The Morgan fingerprint density at radius 1 is 1.02 bits per heavy atom. The van der Waals surface area contributed by atoms with Crippen LogP contribution in [-0.4, -0.2) is 63.5 Å². The third-order valence-electron chi connectivity index (χ3n) is 8.46. The summed E-state index contributed by atoms with van der Waals surface area (Å²) in [5.41, 5.74) is 2.52. The minimum absolute atomic E-state index is 0.0323. The lowest BCUT2D eigenvalue weighted by Gasteiger charge is -2.30. The molecule has 226 valence electrons. The molecule has 0 aliphatic heterocycles. The number of ether oxygens (including phenoxy) is 1. The molecule has 3 aromatic carbocycles. The normalized spacial score (nSPS) is 22.6. The van der Waals surface area contributed by atoms with E-state index in [0.29, 0.717) is 38.0 Å². The second-order valence-electron chi connectivity index (χ2n) is 11.6. The minimum atomic E-state index is -0.773. The van der Waals surface area contributed by atoms with Crippen LogP contribution in [0.1, 0.15) is 57.9 Å². The zero-order chi connectivity index (χ0) is 30.2. The van der Waals surface area contributed by atoms with E-state index in [2.05, 4.69) is 24.1 Å². The summed E-state index contributed by atoms with van der Waals surface area (Å²) in [6.45, 7) is 4.38. The van der Waals surface area contributed by atoms with E-state index in [1.165, 1.54) is 7.11 Å². The van der Waals surface area contributed by atoms with E-state index >= 15 is 0 Å². The van der Waals surface area contributed by atoms with Gasteiger partial charge in [0.2, 0.25) is 0 Å². The lowest BCUT2D eigenvalue weighted by molar-refractivity contribution is 0.00430. The predicted molar refractivity (Wildman–Crippen MR) is 167 cm³/mol. The smallest absolute Gasteiger partial charge is 0.168 e. The van der Waals surface area contributed by atoms with Crippen molar-refractivity contribution in [2.45, 2.75) is 83.1 Å². The van der Waals surface area contributed by atoms with Crippen molar-refractivity contribution < 1.29 is 30.3 Å². The molecule has 0 spiro atoms. The van der Waals surface area contributed by atoms with E-state index < -0.39 is 18.3 Å². The standard InChI is InChI=1S/C35H45NO6/c1-4-23-6-5-7-30(32(40)17-13-28(18-23)36-21-22(2)37)31(39)15-11-24-12-16-33(41)35(42-3)34(24)27-9-8-26-20-29(38)14-10-25(26)19-27/h8-10,12,14,16,19-20,22-23,28,30-32,36-41H,4,7,11,13,15,17-18,21H2,1-3H3/t22-,23-,28-,30+,31+,32-/m0/s1. The van der Waals surface area contributed by atoms with Crippen LogP contribution in [0.2, 0.25) is 0 Å². The highest BCUT2D eigenvalue weighted by atomic mass is 16.5. The number of nitrogens with one attached hydrogen (secondary N) is 1. The van der Waals surface area contributed by atoms with E-state index in [-0.39, 0.29) is 29.4 Å². The molecule has 7 nitrogen and oxygen atoms in total. The number of fused-ring (bicyclic) bond motifs is 1. The van der Waals surface area contributed by atoms with Crippen LogP contribution in [0.25, 0.3) is 21.9 Å². The number of aliphatic hydroxyl groups excluding tert-OH is 3. The van der Waals surface area contributed by atoms with Crippen LogP contribution >= 0.6 is 0 Å². The summed E-state index contributed by atoms with van der Waals surface area (Å²) in [5, 5.41) is 58.0. The molecule has 42 heavy (non-hydrogen) atoms. The Kier molecular flexibility index (Phi) is 11.1. The van der Waals surface area contributed by atoms with Crippen LogP contribution in [-0.2, 0) is 6.42 Å². The maximum absolute atomic E-state index is 11.4. The minimum Gasteiger partial charge on any atom is -0.508 e. The summed E-state index contributed by atoms with van der Waals surface area (Å²) in [5.74, 6) is 7.07. The van der Waals surface area contributed by atoms with Gasteiger partial charge in [0.15, 0.2) is 11.5 Å². The number of rotatable bonds is 10. The Morgan fingerprint density at radius 2 is 1.79 bits per heavy atom. The topological polar surface area (TPSA) is 122 Å². The van der Waals surface area contributed by atoms with Gasteiger partial charge in [-0.2, -0.15) is 0 Å². The molecule has 6 N–H and O–H groups in total. The summed E-state index contributed by atoms with van der Waals surface area (Å²) in [4.78, 5) is 0. The number of aromatic hydroxyl groups is 2. The predicted octanol–water partition coefficient (Wildman–Crippen LogP) is 5.14. The van der Waals surface area contributed by atoms with Gasteiger partial charge in [0.25, 0.3) is 0 Å². The highest BCUT2D eigenvalue weighted by molar-refractivity contribution is 5.90. The van der Waals surface area contributed by atoms with E-state index in [0.717, 1.165) is 46.7 Å². The van der Waals surface area contributed by atoms with Gasteiger partial charge in [0, 0.05) is 36.4 Å². The fourth-order valence-electron chi connectivity index (χ4n) is 6.00. The lowest BCUT2D eigenvalue weighted by Crippen LogP contribution is -2.38. The molecule has 0 amide bonds. The Morgan fingerprint density at radius 3 is 2.52 bits per heavy atom. The quantitative estimate of drug-likeness (QED) is 0.185. The molecule has 0 heterocycles. The van der Waals surface area contributed by atoms with Crippen LogP contribution in [0.3, 0.4) is 0 Å². The zero-order valence-electron chi connectivity index (χ0n) is 24.9. The van der Waals surface area contributed by atoms with Crippen molar-refractivity contribution in [3.05, 3.63) is 54.1 Å². The van der Waals surface area contributed by atoms with Crippen molar-refractivity contribution in [3.8, 4) is 40.2 Å². The number of hydrogen-bond donors (Lipinski definition) is 6. The van der Waals surface area contributed by atoms with Crippen molar-refractivity contribution in [2.24, 2.45) is 11.8 Å². The summed E-state index contributed by atoms with van der Waals surface area (Å²) in [6, 6.07) is 14.7. The Labute approximate surface area is 249 Å². The van der Waals surface area contributed by atoms with Crippen molar-refractivity contribution in [3.63, 3.8) is 0 Å². The molecule has 0 saturated carbocycles. The molecule has 0 radical (unpaired) electrons. The first-order chi connectivity index (χ1) is 20.2. The molecule has 0 unspecified atom stereocenters. The largest absolute Gasteiger partial charge is 0.508 e. The molecule has 1 aliphatic rings. The van der Waals surface area contributed by atoms with Crippen LogP contribution in [0.15, 0.2) is 48.5 Å². The van der Waals surface area contributed by atoms with Crippen molar-refractivity contribution in [1.29, 1.82) is 0 Å². The van der Waals surface area contributed by atoms with Crippen LogP contribution < -0.4 is 10.1 Å². The molecule has 7 heteroatoms. The van der Waals surface area contributed by atoms with Gasteiger partial charge in [-0.15, -0.1) is 5.92 Å². The SMILES string of the molecule is CC[C@H]1C#CC[C@H]([C@H](O)CCc2ccc(O)c(OC)c2-c2ccc3cc(O)ccc3c2)[C@@H](O)CC[C@H](NC[C@H](C)O)C1. The van der Waals surface area contributed by atoms with Gasteiger partial charge in [0.05, 0.1) is 25.4 Å². The van der Waals surface area contributed by atoms with Crippen LogP contribution in [0.5, 0.6) is 17.2 Å². The molecule has 0 saturated heterocycles. The maximum atomic E-state index is 11.4. The lowest BCUT2D eigenvalue weighted by atomic mass is 9.83. The second-order valence-corrected chi connectivity index (χ2v) is 11.6. The summed E-state index contributed by atoms with van der Waals surface area (Å²) < 4.78 is 5.63. The molecule has 1 aliphatic carbocycles. The first-order valence-corrected chi connectivity index (χ1v) is 15.1. The summed E-state index contributed by atoms with van der Waals surface area (Å²) >= 11 is 0. The zero-order valence-corrected chi connectivity index (χ0v) is 24.9. The third-order valence-corrected chi connectivity index (χ3v) is 8.46. The highest BCUT2D eigenvalue weighted by Gasteiger charge is 2.29. The number of benzene rings is 3. The second kappa shape index (κ2) is 14.8. The fourth-order valence-corrected chi connectivity index (χ4v) is 6.00. The van der Waals surface area contributed by atoms with Crippen LogP contribution in [0.4, 0.5) is 0 Å². The Hall–Kier alpha value is -3.28. The molecule has 0 aromatic heterocycles. The fraction of sp³-hybridized carbons (Fsp3) is 0.486. The molecule has 0 bridgehead atoms. The van der Waals surface area contributed by atoms with Gasteiger partial charge < -0.3 is 35.6 Å². The number of aryl methyl sites for hydroxylation is 1. The molecule has 4 rings (SSSR count). The van der Waals surface area contributed by atoms with Gasteiger partial charge in [-0.05, 0) is 91.6 Å². The average Bonchev–Trinajstić information content (AvgIpc) is 2.98.